The standard InChI is InChI=1S/C11H20ClNO3/c1-13(6-4-2-3-5-12)11(14)10-9-15-7-8-16-10/h10H,2-9H2,1H3. The molecule has 1 rings (SSSR count). The monoisotopic (exact) mass is 249 g/mol. The molecule has 1 unspecified atom stereocenters. The molecule has 1 heterocycles. The Morgan fingerprint density at radius 2 is 2.19 bits per heavy atom. The van der Waals surface area contributed by atoms with Crippen molar-refractivity contribution in [2.24, 2.45) is 0 Å². The van der Waals surface area contributed by atoms with E-state index in [2.05, 4.69) is 0 Å². The van der Waals surface area contributed by atoms with Gasteiger partial charge in [-0.25, -0.2) is 0 Å². The number of halogens is 1. The molecule has 1 saturated heterocycles. The molecule has 0 bridgehead atoms. The van der Waals surface area contributed by atoms with Gasteiger partial charge in [0.2, 0.25) is 0 Å². The Hall–Kier alpha value is -0.320. The van der Waals surface area contributed by atoms with Gasteiger partial charge in [-0.15, -0.1) is 11.6 Å². The van der Waals surface area contributed by atoms with Gasteiger partial charge in [-0.1, -0.05) is 6.42 Å². The molecule has 0 aromatic rings. The first-order valence-electron chi connectivity index (χ1n) is 5.76. The molecular formula is C11H20ClNO3. The van der Waals surface area contributed by atoms with Crippen molar-refractivity contribution >= 4 is 17.5 Å². The van der Waals surface area contributed by atoms with Gasteiger partial charge in [0.15, 0.2) is 6.10 Å². The average molecular weight is 250 g/mol. The Balaban J connectivity index is 2.18. The fourth-order valence-corrected chi connectivity index (χ4v) is 1.80. The van der Waals surface area contributed by atoms with Crippen LogP contribution in [0.3, 0.4) is 0 Å². The second kappa shape index (κ2) is 7.87. The van der Waals surface area contributed by atoms with E-state index in [1.807, 2.05) is 0 Å². The number of unbranched alkanes of at least 4 members (excludes halogenated alkanes) is 2. The number of carbonyl (C=O) groups is 1. The lowest BCUT2D eigenvalue weighted by molar-refractivity contribution is -0.156. The van der Waals surface area contributed by atoms with E-state index in [1.165, 1.54) is 0 Å². The van der Waals surface area contributed by atoms with E-state index in [0.29, 0.717) is 25.7 Å². The summed E-state index contributed by atoms with van der Waals surface area (Å²) in [6.07, 6.45) is 2.64. The highest BCUT2D eigenvalue weighted by Gasteiger charge is 2.25. The SMILES string of the molecule is CN(CCCCCCl)C(=O)C1COCCO1. The summed E-state index contributed by atoms with van der Waals surface area (Å²) < 4.78 is 10.6. The molecule has 1 amide bonds. The van der Waals surface area contributed by atoms with Crippen molar-refractivity contribution in [1.82, 2.24) is 4.90 Å². The van der Waals surface area contributed by atoms with Crippen LogP contribution in [0.25, 0.3) is 0 Å². The van der Waals surface area contributed by atoms with Gasteiger partial charge in [-0.2, -0.15) is 0 Å². The third kappa shape index (κ3) is 4.68. The first-order chi connectivity index (χ1) is 7.75. The van der Waals surface area contributed by atoms with Gasteiger partial charge in [0.05, 0.1) is 19.8 Å². The molecule has 1 aliphatic heterocycles. The summed E-state index contributed by atoms with van der Waals surface area (Å²) in [6, 6.07) is 0. The molecule has 0 aromatic heterocycles. The fourth-order valence-electron chi connectivity index (χ4n) is 1.61. The molecule has 0 aliphatic carbocycles. The van der Waals surface area contributed by atoms with Crippen molar-refractivity contribution in [3.05, 3.63) is 0 Å². The van der Waals surface area contributed by atoms with Crippen LogP contribution in [0.5, 0.6) is 0 Å². The number of rotatable bonds is 6. The minimum absolute atomic E-state index is 0.0190. The molecule has 16 heavy (non-hydrogen) atoms. The predicted octanol–water partition coefficient (Wildman–Crippen LogP) is 1.27. The van der Waals surface area contributed by atoms with Gasteiger partial charge in [0, 0.05) is 19.5 Å². The van der Waals surface area contributed by atoms with E-state index in [-0.39, 0.29) is 5.91 Å². The Bertz CT molecular complexity index is 207. The number of ether oxygens (including phenoxy) is 2. The van der Waals surface area contributed by atoms with Crippen molar-refractivity contribution in [1.29, 1.82) is 0 Å². The predicted molar refractivity (Wildman–Crippen MR) is 62.8 cm³/mol. The number of carbonyl (C=O) groups excluding carboxylic acids is 1. The quantitative estimate of drug-likeness (QED) is 0.526. The van der Waals surface area contributed by atoms with Crippen molar-refractivity contribution in [2.75, 3.05) is 39.3 Å². The number of hydrogen-bond donors (Lipinski definition) is 0. The summed E-state index contributed by atoms with van der Waals surface area (Å²) in [5, 5.41) is 0. The van der Waals surface area contributed by atoms with Gasteiger partial charge in [-0.05, 0) is 12.8 Å². The summed E-state index contributed by atoms with van der Waals surface area (Å²) >= 11 is 5.58. The molecule has 0 aromatic carbocycles. The summed E-state index contributed by atoms with van der Waals surface area (Å²) in [5.41, 5.74) is 0. The second-order valence-electron chi connectivity index (χ2n) is 3.94. The Morgan fingerprint density at radius 1 is 1.38 bits per heavy atom. The number of hydrogen-bond acceptors (Lipinski definition) is 3. The summed E-state index contributed by atoms with van der Waals surface area (Å²) in [6.45, 7) is 2.24. The highest BCUT2D eigenvalue weighted by molar-refractivity contribution is 6.17. The van der Waals surface area contributed by atoms with Crippen LogP contribution in [-0.2, 0) is 14.3 Å². The van der Waals surface area contributed by atoms with Crippen LogP contribution in [0.2, 0.25) is 0 Å². The fraction of sp³-hybridized carbons (Fsp3) is 0.909. The molecular weight excluding hydrogens is 230 g/mol. The van der Waals surface area contributed by atoms with Crippen LogP contribution in [0.15, 0.2) is 0 Å². The molecule has 1 atom stereocenters. The van der Waals surface area contributed by atoms with Crippen LogP contribution in [0, 0.1) is 0 Å². The van der Waals surface area contributed by atoms with Crippen LogP contribution in [-0.4, -0.2) is 56.2 Å². The van der Waals surface area contributed by atoms with E-state index >= 15 is 0 Å². The van der Waals surface area contributed by atoms with Gasteiger partial charge >= 0.3 is 0 Å². The van der Waals surface area contributed by atoms with Crippen LogP contribution in [0.4, 0.5) is 0 Å². The highest BCUT2D eigenvalue weighted by Crippen LogP contribution is 2.06. The minimum Gasteiger partial charge on any atom is -0.376 e. The van der Waals surface area contributed by atoms with E-state index in [0.717, 1.165) is 25.8 Å². The van der Waals surface area contributed by atoms with Gasteiger partial charge in [-0.3, -0.25) is 4.79 Å². The maximum atomic E-state index is 11.9. The van der Waals surface area contributed by atoms with Gasteiger partial charge < -0.3 is 14.4 Å². The smallest absolute Gasteiger partial charge is 0.253 e. The zero-order valence-electron chi connectivity index (χ0n) is 9.78. The normalized spacial score (nSPS) is 20.8. The maximum Gasteiger partial charge on any atom is 0.253 e. The van der Waals surface area contributed by atoms with Crippen molar-refractivity contribution < 1.29 is 14.3 Å². The lowest BCUT2D eigenvalue weighted by Gasteiger charge is -2.26. The Labute approximate surface area is 102 Å². The molecule has 0 saturated carbocycles. The maximum absolute atomic E-state index is 11.9. The van der Waals surface area contributed by atoms with Crippen LogP contribution >= 0.6 is 11.6 Å². The molecule has 1 fully saturated rings. The van der Waals surface area contributed by atoms with Gasteiger partial charge in [0.1, 0.15) is 0 Å². The molecule has 5 heteroatoms. The van der Waals surface area contributed by atoms with Crippen molar-refractivity contribution in [3.63, 3.8) is 0 Å². The van der Waals surface area contributed by atoms with E-state index in [1.54, 1.807) is 11.9 Å². The third-order valence-electron chi connectivity index (χ3n) is 2.59. The van der Waals surface area contributed by atoms with E-state index in [9.17, 15) is 4.79 Å². The summed E-state index contributed by atoms with van der Waals surface area (Å²) in [5.74, 6) is 0.711. The van der Waals surface area contributed by atoms with E-state index < -0.39 is 6.10 Å². The van der Waals surface area contributed by atoms with E-state index in [4.69, 9.17) is 21.1 Å². The molecule has 0 N–H and O–H groups in total. The van der Waals surface area contributed by atoms with Gasteiger partial charge in [0.25, 0.3) is 5.91 Å². The Morgan fingerprint density at radius 3 is 2.81 bits per heavy atom. The number of alkyl halides is 1. The first-order valence-corrected chi connectivity index (χ1v) is 6.29. The lowest BCUT2D eigenvalue weighted by atomic mass is 10.2. The summed E-state index contributed by atoms with van der Waals surface area (Å²) in [4.78, 5) is 13.6. The molecule has 4 nitrogen and oxygen atoms in total. The average Bonchev–Trinajstić information content (AvgIpc) is 2.34. The molecule has 1 aliphatic rings. The number of amides is 1. The molecule has 0 radical (unpaired) electrons. The van der Waals surface area contributed by atoms with Crippen molar-refractivity contribution in [2.45, 2.75) is 25.4 Å². The molecule has 94 valence electrons. The molecule has 0 spiro atoms. The topological polar surface area (TPSA) is 38.8 Å². The number of nitrogens with zero attached hydrogens (tertiary/aromatic N) is 1. The third-order valence-corrected chi connectivity index (χ3v) is 2.86. The largest absolute Gasteiger partial charge is 0.376 e. The zero-order valence-corrected chi connectivity index (χ0v) is 10.5. The second-order valence-corrected chi connectivity index (χ2v) is 4.32. The highest BCUT2D eigenvalue weighted by atomic mass is 35.5. The zero-order chi connectivity index (χ0) is 11.8. The lowest BCUT2D eigenvalue weighted by Crippen LogP contribution is -2.44. The van der Waals surface area contributed by atoms with Crippen LogP contribution < -0.4 is 0 Å². The van der Waals surface area contributed by atoms with Crippen molar-refractivity contribution in [3.8, 4) is 0 Å². The summed E-state index contributed by atoms with van der Waals surface area (Å²) in [7, 11) is 1.81. The first kappa shape index (κ1) is 13.7. The minimum atomic E-state index is -0.410. The Kier molecular flexibility index (Phi) is 6.76. The number of likely N-dealkylation sites (N-methyl/N-ethyl adjacent to an activating group) is 1. The van der Waals surface area contributed by atoms with Crippen LogP contribution in [0.1, 0.15) is 19.3 Å².